The molecule has 0 aromatic carbocycles. The molecule has 0 amide bonds. The van der Waals surface area contributed by atoms with Crippen LogP contribution in [0.4, 0.5) is 0 Å². The van der Waals surface area contributed by atoms with E-state index < -0.39 is 16.0 Å². The van der Waals surface area contributed by atoms with E-state index in [1.54, 1.807) is 0 Å². The van der Waals surface area contributed by atoms with Gasteiger partial charge in [-0.3, -0.25) is 0 Å². The van der Waals surface area contributed by atoms with Gasteiger partial charge in [0.2, 0.25) is 10.0 Å². The highest BCUT2D eigenvalue weighted by Gasteiger charge is 2.31. The van der Waals surface area contributed by atoms with Crippen LogP contribution in [-0.4, -0.2) is 40.6 Å². The molecule has 0 saturated heterocycles. The third-order valence-corrected chi connectivity index (χ3v) is 4.57. The molecular formula is C13H23ClN2O5S. The lowest BCUT2D eigenvalue weighted by Crippen LogP contribution is -2.39. The second kappa shape index (κ2) is 8.52. The first-order valence-corrected chi connectivity index (χ1v) is 8.14. The standard InChI is InChI=1S/C13H22N2O5S.ClH/c1-6-14-8(2)7-15-21(17,18)12-10(4)20-9(3)11(12)13(16)19-5;/h8,14-15H,6-7H2,1-5H3;1H/t8-;/m1./s1. The molecule has 0 saturated carbocycles. The summed E-state index contributed by atoms with van der Waals surface area (Å²) >= 11 is 0. The third-order valence-electron chi connectivity index (χ3n) is 3.00. The Morgan fingerprint density at radius 3 is 2.41 bits per heavy atom. The van der Waals surface area contributed by atoms with E-state index in [4.69, 9.17) is 4.42 Å². The molecule has 1 rings (SSSR count). The monoisotopic (exact) mass is 354 g/mol. The van der Waals surface area contributed by atoms with Crippen LogP contribution in [0.25, 0.3) is 0 Å². The number of carbonyl (C=O) groups excluding carboxylic acids is 1. The Labute approximate surface area is 137 Å². The van der Waals surface area contributed by atoms with Gasteiger partial charge in [0, 0.05) is 12.6 Å². The molecule has 0 fully saturated rings. The van der Waals surface area contributed by atoms with Gasteiger partial charge in [0.15, 0.2) is 0 Å². The second-order valence-corrected chi connectivity index (χ2v) is 6.42. The molecule has 0 aliphatic heterocycles. The molecule has 7 nitrogen and oxygen atoms in total. The zero-order chi connectivity index (χ0) is 16.2. The fourth-order valence-corrected chi connectivity index (χ4v) is 3.58. The smallest absolute Gasteiger partial charge is 0.342 e. The van der Waals surface area contributed by atoms with Crippen LogP contribution in [0.3, 0.4) is 0 Å². The van der Waals surface area contributed by atoms with Crippen molar-refractivity contribution in [1.82, 2.24) is 10.0 Å². The molecule has 2 N–H and O–H groups in total. The number of nitrogens with one attached hydrogen (secondary N) is 2. The molecule has 1 aromatic heterocycles. The lowest BCUT2D eigenvalue weighted by Gasteiger charge is -2.13. The fourth-order valence-electron chi connectivity index (χ4n) is 2.05. The third kappa shape index (κ3) is 4.70. The largest absolute Gasteiger partial charge is 0.465 e. The van der Waals surface area contributed by atoms with Crippen molar-refractivity contribution < 1.29 is 22.4 Å². The molecule has 9 heteroatoms. The summed E-state index contributed by atoms with van der Waals surface area (Å²) in [6, 6.07) is -0.0281. The molecule has 1 atom stereocenters. The summed E-state index contributed by atoms with van der Waals surface area (Å²) in [4.78, 5) is 11.6. The number of halogens is 1. The summed E-state index contributed by atoms with van der Waals surface area (Å²) < 4.78 is 37.2. The summed E-state index contributed by atoms with van der Waals surface area (Å²) in [6.07, 6.45) is 0. The van der Waals surface area contributed by atoms with Crippen molar-refractivity contribution in [3.8, 4) is 0 Å². The Balaban J connectivity index is 0.00000441. The van der Waals surface area contributed by atoms with Gasteiger partial charge in [-0.1, -0.05) is 6.92 Å². The molecule has 128 valence electrons. The van der Waals surface area contributed by atoms with Gasteiger partial charge in [-0.25, -0.2) is 17.9 Å². The number of ether oxygens (including phenoxy) is 1. The quantitative estimate of drug-likeness (QED) is 0.718. The predicted molar refractivity (Wildman–Crippen MR) is 85.1 cm³/mol. The second-order valence-electron chi connectivity index (χ2n) is 4.72. The zero-order valence-corrected chi connectivity index (χ0v) is 15.0. The minimum absolute atomic E-state index is 0. The first kappa shape index (κ1) is 20.9. The average Bonchev–Trinajstić information content (AvgIpc) is 2.71. The van der Waals surface area contributed by atoms with Gasteiger partial charge >= 0.3 is 5.97 Å². The molecule has 0 radical (unpaired) electrons. The van der Waals surface area contributed by atoms with Gasteiger partial charge in [-0.2, -0.15) is 0 Å². The maximum atomic E-state index is 12.4. The van der Waals surface area contributed by atoms with Gasteiger partial charge in [-0.15, -0.1) is 12.4 Å². The summed E-state index contributed by atoms with van der Waals surface area (Å²) in [5.41, 5.74) is -0.0568. The van der Waals surface area contributed by atoms with Crippen LogP contribution in [0.15, 0.2) is 9.31 Å². The number of rotatable bonds is 7. The van der Waals surface area contributed by atoms with Crippen molar-refractivity contribution in [3.63, 3.8) is 0 Å². The minimum Gasteiger partial charge on any atom is -0.465 e. The van der Waals surface area contributed by atoms with E-state index in [0.717, 1.165) is 6.54 Å². The topological polar surface area (TPSA) is 97.6 Å². The molecular weight excluding hydrogens is 332 g/mol. The Morgan fingerprint density at radius 2 is 1.91 bits per heavy atom. The molecule has 22 heavy (non-hydrogen) atoms. The van der Waals surface area contributed by atoms with Crippen molar-refractivity contribution in [2.45, 2.75) is 38.6 Å². The number of sulfonamides is 1. The fraction of sp³-hybridized carbons (Fsp3) is 0.615. The first-order valence-electron chi connectivity index (χ1n) is 6.65. The molecule has 0 aliphatic rings. The number of furan rings is 1. The van der Waals surface area contributed by atoms with Gasteiger partial charge < -0.3 is 14.5 Å². The van der Waals surface area contributed by atoms with Crippen LogP contribution in [-0.2, 0) is 14.8 Å². The molecule has 0 spiro atoms. The molecule has 0 bridgehead atoms. The summed E-state index contributed by atoms with van der Waals surface area (Å²) in [7, 11) is -2.66. The normalized spacial score (nSPS) is 12.6. The van der Waals surface area contributed by atoms with Crippen molar-refractivity contribution >= 4 is 28.4 Å². The van der Waals surface area contributed by atoms with E-state index in [9.17, 15) is 13.2 Å². The van der Waals surface area contributed by atoms with Crippen LogP contribution in [0.2, 0.25) is 0 Å². The number of likely N-dealkylation sites (N-methyl/N-ethyl adjacent to an activating group) is 1. The van der Waals surface area contributed by atoms with Crippen molar-refractivity contribution in [2.75, 3.05) is 20.2 Å². The average molecular weight is 355 g/mol. The number of hydrogen-bond acceptors (Lipinski definition) is 6. The van der Waals surface area contributed by atoms with Crippen molar-refractivity contribution in [3.05, 3.63) is 17.1 Å². The Morgan fingerprint density at radius 1 is 1.32 bits per heavy atom. The van der Waals surface area contributed by atoms with E-state index in [1.807, 2.05) is 13.8 Å². The van der Waals surface area contributed by atoms with Crippen LogP contribution in [0.5, 0.6) is 0 Å². The summed E-state index contributed by atoms with van der Waals surface area (Å²) in [6.45, 7) is 7.77. The van der Waals surface area contributed by atoms with Crippen molar-refractivity contribution in [1.29, 1.82) is 0 Å². The van der Waals surface area contributed by atoms with Gasteiger partial charge in [0.25, 0.3) is 0 Å². The van der Waals surface area contributed by atoms with E-state index >= 15 is 0 Å². The highest BCUT2D eigenvalue weighted by atomic mass is 35.5. The molecule has 0 unspecified atom stereocenters. The number of hydrogen-bond donors (Lipinski definition) is 2. The first-order chi connectivity index (χ1) is 9.74. The lowest BCUT2D eigenvalue weighted by molar-refractivity contribution is 0.0595. The van der Waals surface area contributed by atoms with Crippen LogP contribution >= 0.6 is 12.4 Å². The molecule has 1 aromatic rings. The van der Waals surface area contributed by atoms with Crippen LogP contribution in [0, 0.1) is 13.8 Å². The number of esters is 1. The van der Waals surface area contributed by atoms with Gasteiger partial charge in [-0.05, 0) is 27.3 Å². The highest BCUT2D eigenvalue weighted by molar-refractivity contribution is 7.89. The van der Waals surface area contributed by atoms with E-state index in [2.05, 4.69) is 14.8 Å². The maximum absolute atomic E-state index is 12.4. The van der Waals surface area contributed by atoms with Gasteiger partial charge in [0.1, 0.15) is 22.0 Å². The zero-order valence-electron chi connectivity index (χ0n) is 13.3. The molecule has 1 heterocycles. The van der Waals surface area contributed by atoms with Crippen LogP contribution in [0.1, 0.15) is 35.7 Å². The number of aryl methyl sites for hydroxylation is 2. The Hall–Kier alpha value is -1.09. The van der Waals surface area contributed by atoms with Crippen molar-refractivity contribution in [2.24, 2.45) is 0 Å². The van der Waals surface area contributed by atoms with E-state index in [-0.39, 0.29) is 47.0 Å². The lowest BCUT2D eigenvalue weighted by atomic mass is 10.2. The summed E-state index contributed by atoms with van der Waals surface area (Å²) in [5, 5.41) is 3.10. The van der Waals surface area contributed by atoms with E-state index in [0.29, 0.717) is 0 Å². The minimum atomic E-state index is -3.85. The summed E-state index contributed by atoms with van der Waals surface area (Å²) in [5.74, 6) is -0.347. The molecule has 0 aliphatic carbocycles. The Bertz CT molecular complexity index is 612. The SMILES string of the molecule is CCN[C@H](C)CNS(=O)(=O)c1c(C)oc(C)c1C(=O)OC.Cl. The highest BCUT2D eigenvalue weighted by Crippen LogP contribution is 2.27. The van der Waals surface area contributed by atoms with Crippen LogP contribution < -0.4 is 10.0 Å². The number of methoxy groups -OCH3 is 1. The van der Waals surface area contributed by atoms with E-state index in [1.165, 1.54) is 21.0 Å². The maximum Gasteiger partial charge on any atom is 0.342 e. The Kier molecular flexibility index (Phi) is 8.10. The predicted octanol–water partition coefficient (Wildman–Crippen LogP) is 1.38. The number of carbonyl (C=O) groups is 1. The van der Waals surface area contributed by atoms with Gasteiger partial charge in [0.05, 0.1) is 7.11 Å².